The number of nitrogens with two attached hydrogens (primary N) is 1. The Bertz CT molecular complexity index is 1030. The number of aromatic nitrogens is 3. The van der Waals surface area contributed by atoms with Crippen molar-refractivity contribution in [1.82, 2.24) is 19.1 Å². The molecule has 0 saturated heterocycles. The van der Waals surface area contributed by atoms with Crippen molar-refractivity contribution in [3.8, 4) is 0 Å². The van der Waals surface area contributed by atoms with Crippen LogP contribution < -0.4 is 16.1 Å². The monoisotopic (exact) mass is 404 g/mol. The summed E-state index contributed by atoms with van der Waals surface area (Å²) in [6, 6.07) is 4.20. The molecule has 4 rings (SSSR count). The highest BCUT2D eigenvalue weighted by atomic mass is 32.2. The van der Waals surface area contributed by atoms with Crippen molar-refractivity contribution in [2.75, 3.05) is 6.54 Å². The fraction of sp³-hybridized carbons (Fsp3) is 0.235. The molecule has 0 radical (unpaired) electrons. The van der Waals surface area contributed by atoms with E-state index in [4.69, 9.17) is 5.73 Å². The van der Waals surface area contributed by atoms with Crippen LogP contribution >= 0.6 is 23.5 Å². The van der Waals surface area contributed by atoms with Gasteiger partial charge in [0, 0.05) is 16.3 Å². The number of thiophene rings is 1. The second kappa shape index (κ2) is 7.77. The highest BCUT2D eigenvalue weighted by Crippen LogP contribution is 2.30. The lowest BCUT2D eigenvalue weighted by Gasteiger charge is -2.11. The third kappa shape index (κ3) is 3.74. The van der Waals surface area contributed by atoms with Gasteiger partial charge in [-0.1, -0.05) is 12.2 Å². The molecule has 7 nitrogen and oxygen atoms in total. The Morgan fingerprint density at radius 3 is 3.11 bits per heavy atom. The Labute approximate surface area is 163 Å². The van der Waals surface area contributed by atoms with Gasteiger partial charge in [0.1, 0.15) is 6.33 Å². The van der Waals surface area contributed by atoms with E-state index in [1.54, 1.807) is 11.3 Å². The molecule has 0 saturated carbocycles. The topological polar surface area (TPSA) is 90.2 Å². The molecule has 10 heteroatoms. The number of allylic oxidation sites excluding steroid dienone is 2. The SMILES string of the molecule is NC/C(=C\F)Cn1ncn(Cc2ccc(C3=CC4NSN=C4C=C3)s2)c1=O. The van der Waals surface area contributed by atoms with Crippen LogP contribution in [-0.4, -0.2) is 32.6 Å². The van der Waals surface area contributed by atoms with Crippen molar-refractivity contribution in [3.05, 3.63) is 68.8 Å². The minimum absolute atomic E-state index is 0.0491. The van der Waals surface area contributed by atoms with E-state index in [2.05, 4.69) is 26.4 Å². The Balaban J connectivity index is 1.49. The molecule has 3 heterocycles. The van der Waals surface area contributed by atoms with Gasteiger partial charge >= 0.3 is 5.69 Å². The molecule has 0 aromatic carbocycles. The first-order valence-electron chi connectivity index (χ1n) is 8.27. The molecule has 0 amide bonds. The molecule has 2 aliphatic rings. The van der Waals surface area contributed by atoms with Gasteiger partial charge in [0.15, 0.2) is 0 Å². The fourth-order valence-corrected chi connectivity index (χ4v) is 4.44. The molecular weight excluding hydrogens is 387 g/mol. The van der Waals surface area contributed by atoms with Crippen LogP contribution in [0.25, 0.3) is 5.57 Å². The quantitative estimate of drug-likeness (QED) is 0.718. The number of nitrogens with zero attached hydrogens (tertiary/aromatic N) is 4. The van der Waals surface area contributed by atoms with Crippen molar-refractivity contribution >= 4 is 34.8 Å². The van der Waals surface area contributed by atoms with Crippen LogP contribution in [0.2, 0.25) is 0 Å². The van der Waals surface area contributed by atoms with Crippen molar-refractivity contribution in [2.45, 2.75) is 19.1 Å². The minimum atomic E-state index is -0.289. The van der Waals surface area contributed by atoms with Gasteiger partial charge in [-0.15, -0.1) is 11.3 Å². The smallest absolute Gasteiger partial charge is 0.327 e. The van der Waals surface area contributed by atoms with E-state index < -0.39 is 0 Å². The number of hydrogen-bond donors (Lipinski definition) is 2. The molecule has 2 aromatic heterocycles. The number of nitrogens with one attached hydrogen (secondary N) is 1. The van der Waals surface area contributed by atoms with Gasteiger partial charge in [-0.05, 0) is 29.4 Å². The zero-order chi connectivity index (χ0) is 18.8. The Morgan fingerprint density at radius 2 is 2.30 bits per heavy atom. The molecule has 3 N–H and O–H groups in total. The molecule has 0 spiro atoms. The maximum atomic E-state index is 12.7. The minimum Gasteiger partial charge on any atom is -0.327 e. The van der Waals surface area contributed by atoms with Crippen molar-refractivity contribution < 1.29 is 4.39 Å². The molecule has 27 heavy (non-hydrogen) atoms. The molecule has 1 atom stereocenters. The Hall–Kier alpha value is -2.27. The van der Waals surface area contributed by atoms with E-state index in [-0.39, 0.29) is 24.8 Å². The summed E-state index contributed by atoms with van der Waals surface area (Å²) in [5.41, 5.74) is 7.63. The molecule has 0 bridgehead atoms. The van der Waals surface area contributed by atoms with Gasteiger partial charge in [0.25, 0.3) is 0 Å². The van der Waals surface area contributed by atoms with Gasteiger partial charge in [-0.25, -0.2) is 23.0 Å². The zero-order valence-electron chi connectivity index (χ0n) is 14.2. The van der Waals surface area contributed by atoms with Gasteiger partial charge in [0.2, 0.25) is 0 Å². The van der Waals surface area contributed by atoms with Crippen LogP contribution in [0.1, 0.15) is 9.75 Å². The lowest BCUT2D eigenvalue weighted by Crippen LogP contribution is -2.26. The summed E-state index contributed by atoms with van der Waals surface area (Å²) >= 11 is 2.98. The summed E-state index contributed by atoms with van der Waals surface area (Å²) in [5.74, 6) is 0. The number of rotatable bonds is 6. The normalized spacial score (nSPS) is 19.2. The number of halogens is 1. The van der Waals surface area contributed by atoms with Crippen molar-refractivity contribution in [3.63, 3.8) is 0 Å². The highest BCUT2D eigenvalue weighted by Gasteiger charge is 2.21. The summed E-state index contributed by atoms with van der Waals surface area (Å²) in [7, 11) is 0. The second-order valence-electron chi connectivity index (χ2n) is 6.09. The van der Waals surface area contributed by atoms with Crippen molar-refractivity contribution in [1.29, 1.82) is 0 Å². The van der Waals surface area contributed by atoms with E-state index >= 15 is 0 Å². The predicted octanol–water partition coefficient (Wildman–Crippen LogP) is 1.90. The van der Waals surface area contributed by atoms with Gasteiger partial charge in [-0.3, -0.25) is 4.57 Å². The summed E-state index contributed by atoms with van der Waals surface area (Å²) in [6.07, 6.45) is 8.12. The maximum Gasteiger partial charge on any atom is 0.346 e. The fourth-order valence-electron chi connectivity index (χ4n) is 2.79. The average molecular weight is 404 g/mol. The zero-order valence-corrected chi connectivity index (χ0v) is 15.8. The van der Waals surface area contributed by atoms with Crippen LogP contribution in [0.5, 0.6) is 0 Å². The first-order chi connectivity index (χ1) is 13.2. The molecular formula is C17H17FN6OS2. The summed E-state index contributed by atoms with van der Waals surface area (Å²) < 4.78 is 22.9. The van der Waals surface area contributed by atoms with E-state index in [0.717, 1.165) is 21.0 Å². The summed E-state index contributed by atoms with van der Waals surface area (Å²) in [4.78, 5) is 14.6. The van der Waals surface area contributed by atoms with E-state index in [0.29, 0.717) is 18.4 Å². The number of fused-ring (bicyclic) bond motifs is 1. The lowest BCUT2D eigenvalue weighted by molar-refractivity contribution is 0.604. The van der Waals surface area contributed by atoms with E-state index in [9.17, 15) is 9.18 Å². The van der Waals surface area contributed by atoms with Crippen LogP contribution in [0.4, 0.5) is 4.39 Å². The third-order valence-corrected chi connectivity index (χ3v) is 6.05. The molecule has 1 aliphatic carbocycles. The first-order valence-corrected chi connectivity index (χ1v) is 9.86. The van der Waals surface area contributed by atoms with Crippen LogP contribution in [0, 0.1) is 0 Å². The third-order valence-electron chi connectivity index (χ3n) is 4.27. The molecule has 1 aliphatic heterocycles. The highest BCUT2D eigenvalue weighted by molar-refractivity contribution is 7.96. The predicted molar refractivity (Wildman–Crippen MR) is 107 cm³/mol. The van der Waals surface area contributed by atoms with E-state index in [1.165, 1.54) is 27.7 Å². The lowest BCUT2D eigenvalue weighted by atomic mass is 10.0. The summed E-state index contributed by atoms with van der Waals surface area (Å²) in [5, 5.41) is 4.04. The van der Waals surface area contributed by atoms with Crippen LogP contribution in [-0.2, 0) is 13.1 Å². The Kier molecular flexibility index (Phi) is 5.21. The largest absolute Gasteiger partial charge is 0.346 e. The van der Waals surface area contributed by atoms with Crippen molar-refractivity contribution in [2.24, 2.45) is 10.1 Å². The van der Waals surface area contributed by atoms with E-state index in [1.807, 2.05) is 18.2 Å². The molecule has 2 aromatic rings. The van der Waals surface area contributed by atoms with Gasteiger partial charge in [0.05, 0.1) is 43.3 Å². The van der Waals surface area contributed by atoms with Gasteiger partial charge in [-0.2, -0.15) is 5.10 Å². The van der Waals surface area contributed by atoms with Crippen LogP contribution in [0.15, 0.2) is 57.8 Å². The standard InChI is InChI=1S/C17H17FN6OS2/c18-6-11(7-19)8-24-17(25)23(10-20-24)9-13-2-4-16(26-13)12-1-3-14-15(5-12)22-27-21-14/h1-6,10,15,22H,7-9,19H2/b11-6+. The molecule has 1 unspecified atom stereocenters. The molecule has 140 valence electrons. The summed E-state index contributed by atoms with van der Waals surface area (Å²) in [6.45, 7) is 0.526. The maximum absolute atomic E-state index is 12.7. The average Bonchev–Trinajstić information content (AvgIpc) is 3.41. The van der Waals surface area contributed by atoms with Crippen LogP contribution in [0.3, 0.4) is 0 Å². The number of hydrogen-bond acceptors (Lipinski definition) is 7. The second-order valence-corrected chi connectivity index (χ2v) is 7.86. The van der Waals surface area contributed by atoms with Gasteiger partial charge < -0.3 is 5.73 Å². The Morgan fingerprint density at radius 1 is 1.41 bits per heavy atom. The first kappa shape index (κ1) is 18.1. The molecule has 0 fully saturated rings.